The summed E-state index contributed by atoms with van der Waals surface area (Å²) in [6, 6.07) is 7.33. The minimum absolute atomic E-state index is 0.231. The van der Waals surface area contributed by atoms with E-state index in [4.69, 9.17) is 4.74 Å². The van der Waals surface area contributed by atoms with Crippen LogP contribution in [0.25, 0.3) is 10.8 Å². The third-order valence-corrected chi connectivity index (χ3v) is 2.55. The number of aryl methyl sites for hydroxylation is 1. The van der Waals surface area contributed by atoms with Crippen LogP contribution < -0.4 is 9.30 Å². The minimum Gasteiger partial charge on any atom is -0.496 e. The van der Waals surface area contributed by atoms with Gasteiger partial charge in [-0.3, -0.25) is 0 Å². The predicted molar refractivity (Wildman–Crippen MR) is 58.6 cm³/mol. The van der Waals surface area contributed by atoms with E-state index in [1.807, 2.05) is 18.2 Å². The second-order valence-electron chi connectivity index (χ2n) is 3.50. The number of ether oxygens (including phenoxy) is 1. The van der Waals surface area contributed by atoms with Crippen molar-refractivity contribution in [1.29, 1.82) is 0 Å². The molecule has 1 N–H and O–H groups in total. The Balaban J connectivity index is 2.94. The van der Waals surface area contributed by atoms with Crippen molar-refractivity contribution in [3.8, 4) is 5.75 Å². The van der Waals surface area contributed by atoms with Crippen molar-refractivity contribution in [2.75, 3.05) is 7.11 Å². The number of nitrogens with zero attached hydrogens (tertiary/aromatic N) is 1. The molecule has 0 unspecified atom stereocenters. The Kier molecular flexibility index (Phi) is 2.48. The van der Waals surface area contributed by atoms with Gasteiger partial charge in [0.1, 0.15) is 18.2 Å². The molecule has 0 fully saturated rings. The van der Waals surface area contributed by atoms with Gasteiger partial charge in [0.2, 0.25) is 0 Å². The first kappa shape index (κ1) is 10.4. The second-order valence-corrected chi connectivity index (χ2v) is 3.50. The molecule has 0 aliphatic heterocycles. The maximum absolute atomic E-state index is 11.2. The third-order valence-electron chi connectivity index (χ3n) is 2.55. The summed E-state index contributed by atoms with van der Waals surface area (Å²) in [5, 5.41) is 10.7. The lowest BCUT2D eigenvalue weighted by Crippen LogP contribution is -2.36. The number of rotatable bonds is 2. The number of aromatic carboxylic acids is 1. The molecule has 0 radical (unpaired) electrons. The molecule has 4 heteroatoms. The van der Waals surface area contributed by atoms with E-state index in [9.17, 15) is 9.90 Å². The lowest BCUT2D eigenvalue weighted by Gasteiger charge is -2.05. The summed E-state index contributed by atoms with van der Waals surface area (Å²) in [4.78, 5) is 11.2. The summed E-state index contributed by atoms with van der Waals surface area (Å²) in [7, 11) is 3.24. The number of methoxy groups -OCH3 is 1. The van der Waals surface area contributed by atoms with Crippen LogP contribution in [0.3, 0.4) is 0 Å². The van der Waals surface area contributed by atoms with Crippen molar-refractivity contribution < 1.29 is 19.2 Å². The second kappa shape index (κ2) is 3.81. The van der Waals surface area contributed by atoms with Crippen LogP contribution in [0.15, 0.2) is 30.5 Å². The summed E-state index contributed by atoms with van der Waals surface area (Å²) in [6.07, 6.45) is 1.73. The Morgan fingerprint density at radius 3 is 2.75 bits per heavy atom. The Bertz CT molecular complexity index is 563. The fraction of sp³-hybridized carbons (Fsp3) is 0.167. The number of hydrogen-bond acceptors (Lipinski definition) is 2. The van der Waals surface area contributed by atoms with Crippen LogP contribution in [0.4, 0.5) is 0 Å². The van der Waals surface area contributed by atoms with Gasteiger partial charge in [-0.2, -0.15) is 4.57 Å². The molecule has 1 heterocycles. The Morgan fingerprint density at radius 2 is 2.12 bits per heavy atom. The molecule has 82 valence electrons. The lowest BCUT2D eigenvalue weighted by atomic mass is 10.1. The molecule has 2 rings (SSSR count). The van der Waals surface area contributed by atoms with E-state index in [1.165, 1.54) is 7.11 Å². The number of carbonyl (C=O) groups is 1. The van der Waals surface area contributed by atoms with E-state index in [0.717, 1.165) is 5.39 Å². The number of carboxylic acid groups (broad SMARTS) is 1. The van der Waals surface area contributed by atoms with Crippen LogP contribution in [-0.4, -0.2) is 18.2 Å². The normalized spacial score (nSPS) is 10.4. The van der Waals surface area contributed by atoms with Crippen molar-refractivity contribution in [2.24, 2.45) is 7.05 Å². The molecular formula is C12H12NO3+. The number of benzene rings is 1. The minimum atomic E-state index is -0.961. The van der Waals surface area contributed by atoms with Gasteiger partial charge in [-0.1, -0.05) is 12.1 Å². The van der Waals surface area contributed by atoms with Crippen molar-refractivity contribution >= 4 is 16.7 Å². The average molecular weight is 218 g/mol. The smallest absolute Gasteiger partial charge is 0.402 e. The summed E-state index contributed by atoms with van der Waals surface area (Å²) in [5.74, 6) is -0.385. The van der Waals surface area contributed by atoms with Crippen LogP contribution >= 0.6 is 0 Å². The Hall–Kier alpha value is -2.10. The highest BCUT2D eigenvalue weighted by atomic mass is 16.5. The molecule has 0 spiro atoms. The van der Waals surface area contributed by atoms with Crippen LogP contribution in [0.5, 0.6) is 5.75 Å². The van der Waals surface area contributed by atoms with E-state index in [-0.39, 0.29) is 5.69 Å². The van der Waals surface area contributed by atoms with Gasteiger partial charge >= 0.3 is 11.7 Å². The maximum Gasteiger partial charge on any atom is 0.402 e. The van der Waals surface area contributed by atoms with Gasteiger partial charge in [0, 0.05) is 6.07 Å². The number of carboxylic acids is 1. The molecule has 0 saturated carbocycles. The van der Waals surface area contributed by atoms with E-state index >= 15 is 0 Å². The average Bonchev–Trinajstić information content (AvgIpc) is 2.27. The molecule has 4 nitrogen and oxygen atoms in total. The molecular weight excluding hydrogens is 206 g/mol. The quantitative estimate of drug-likeness (QED) is 0.774. The van der Waals surface area contributed by atoms with E-state index in [0.29, 0.717) is 11.1 Å². The zero-order chi connectivity index (χ0) is 11.7. The van der Waals surface area contributed by atoms with Gasteiger partial charge in [0.15, 0.2) is 6.20 Å². The highest BCUT2D eigenvalue weighted by molar-refractivity contribution is 6.03. The molecule has 1 aromatic heterocycles. The fourth-order valence-electron chi connectivity index (χ4n) is 1.81. The molecule has 0 amide bonds. The number of pyridine rings is 1. The Morgan fingerprint density at radius 1 is 1.38 bits per heavy atom. The van der Waals surface area contributed by atoms with Crippen molar-refractivity contribution in [1.82, 2.24) is 0 Å². The number of fused-ring (bicyclic) bond motifs is 1. The number of hydrogen-bond donors (Lipinski definition) is 1. The van der Waals surface area contributed by atoms with E-state index in [1.54, 1.807) is 23.9 Å². The van der Waals surface area contributed by atoms with Gasteiger partial charge in [0.25, 0.3) is 0 Å². The SMILES string of the molecule is COc1cccc2cc[n+](C)c(C(=O)O)c12. The summed E-state index contributed by atoms with van der Waals surface area (Å²) < 4.78 is 6.77. The van der Waals surface area contributed by atoms with Gasteiger partial charge < -0.3 is 9.84 Å². The van der Waals surface area contributed by atoms with Crippen LogP contribution in [0, 0.1) is 0 Å². The summed E-state index contributed by atoms with van der Waals surface area (Å²) >= 11 is 0. The highest BCUT2D eigenvalue weighted by Gasteiger charge is 2.22. The maximum atomic E-state index is 11.2. The highest BCUT2D eigenvalue weighted by Crippen LogP contribution is 2.26. The van der Waals surface area contributed by atoms with Gasteiger partial charge in [-0.15, -0.1) is 0 Å². The molecule has 0 saturated heterocycles. The molecule has 1 aromatic carbocycles. The third kappa shape index (κ3) is 1.48. The first-order valence-electron chi connectivity index (χ1n) is 4.84. The summed E-state index contributed by atoms with van der Waals surface area (Å²) in [6.45, 7) is 0. The molecule has 0 bridgehead atoms. The van der Waals surface area contributed by atoms with Crippen molar-refractivity contribution in [3.05, 3.63) is 36.2 Å². The largest absolute Gasteiger partial charge is 0.496 e. The molecule has 2 aromatic rings. The van der Waals surface area contributed by atoms with Crippen LogP contribution in [0.2, 0.25) is 0 Å². The fourth-order valence-corrected chi connectivity index (χ4v) is 1.81. The standard InChI is InChI=1S/C12H11NO3/c1-13-7-6-8-4-3-5-9(16-2)10(8)11(13)12(14)15/h3-7H,1-2H3/p+1. The van der Waals surface area contributed by atoms with Crippen molar-refractivity contribution in [2.45, 2.75) is 0 Å². The van der Waals surface area contributed by atoms with Crippen molar-refractivity contribution in [3.63, 3.8) is 0 Å². The van der Waals surface area contributed by atoms with E-state index < -0.39 is 5.97 Å². The first-order valence-corrected chi connectivity index (χ1v) is 4.84. The Labute approximate surface area is 92.7 Å². The molecule has 0 aliphatic carbocycles. The summed E-state index contributed by atoms with van der Waals surface area (Å²) in [5.41, 5.74) is 0.231. The monoisotopic (exact) mass is 218 g/mol. The van der Waals surface area contributed by atoms with Gasteiger partial charge in [0.05, 0.1) is 7.11 Å². The van der Waals surface area contributed by atoms with Crippen LogP contribution in [0.1, 0.15) is 10.5 Å². The number of aromatic nitrogens is 1. The zero-order valence-electron chi connectivity index (χ0n) is 9.10. The predicted octanol–water partition coefficient (Wildman–Crippen LogP) is 1.37. The molecule has 16 heavy (non-hydrogen) atoms. The van der Waals surface area contributed by atoms with E-state index in [2.05, 4.69) is 0 Å². The topological polar surface area (TPSA) is 50.4 Å². The lowest BCUT2D eigenvalue weighted by molar-refractivity contribution is -0.672. The molecule has 0 atom stereocenters. The first-order chi connectivity index (χ1) is 7.65. The molecule has 0 aliphatic rings. The van der Waals surface area contributed by atoms with Gasteiger partial charge in [-0.25, -0.2) is 4.79 Å². The zero-order valence-corrected chi connectivity index (χ0v) is 9.10. The van der Waals surface area contributed by atoms with Gasteiger partial charge in [-0.05, 0) is 11.5 Å². The van der Waals surface area contributed by atoms with Crippen LogP contribution in [-0.2, 0) is 7.05 Å².